The Morgan fingerprint density at radius 3 is 1.78 bits per heavy atom. The SMILES string of the molecule is CCC(C)C(NC(=O)[C@H](CCc1ccccc1)NC(=O)OC(C)(C)C)C(=O)NC(Cc1ccccc1)C(=O)OCc1ccccc1. The van der Waals surface area contributed by atoms with E-state index in [0.717, 1.165) is 16.7 Å². The molecule has 3 N–H and O–H groups in total. The minimum atomic E-state index is -0.990. The first-order valence-electron chi connectivity index (χ1n) is 15.8. The second-order valence-electron chi connectivity index (χ2n) is 12.4. The Bertz CT molecular complexity index is 1390. The third-order valence-electron chi connectivity index (χ3n) is 7.47. The maximum absolute atomic E-state index is 13.8. The molecule has 0 spiro atoms. The maximum Gasteiger partial charge on any atom is 0.408 e. The molecule has 46 heavy (non-hydrogen) atoms. The van der Waals surface area contributed by atoms with Crippen LogP contribution in [0.15, 0.2) is 91.0 Å². The molecular formula is C37H47N3O6. The fourth-order valence-electron chi connectivity index (χ4n) is 4.76. The first kappa shape index (κ1) is 35.8. The molecule has 9 heteroatoms. The van der Waals surface area contributed by atoms with Crippen LogP contribution in [0.25, 0.3) is 0 Å². The number of ether oxygens (including phenoxy) is 2. The summed E-state index contributed by atoms with van der Waals surface area (Å²) in [5.41, 5.74) is 1.91. The van der Waals surface area contributed by atoms with Crippen LogP contribution in [-0.4, -0.2) is 47.6 Å². The van der Waals surface area contributed by atoms with Crippen LogP contribution in [0.1, 0.15) is 64.2 Å². The van der Waals surface area contributed by atoms with Gasteiger partial charge in [0.25, 0.3) is 0 Å². The molecule has 9 nitrogen and oxygen atoms in total. The molecule has 3 unspecified atom stereocenters. The number of amides is 3. The lowest BCUT2D eigenvalue weighted by atomic mass is 9.96. The van der Waals surface area contributed by atoms with Gasteiger partial charge in [-0.1, -0.05) is 111 Å². The van der Waals surface area contributed by atoms with Crippen molar-refractivity contribution in [3.8, 4) is 0 Å². The number of esters is 1. The number of rotatable bonds is 15. The van der Waals surface area contributed by atoms with E-state index in [0.29, 0.717) is 12.8 Å². The average molecular weight is 630 g/mol. The molecule has 3 amide bonds. The van der Waals surface area contributed by atoms with Crippen molar-refractivity contribution in [2.75, 3.05) is 0 Å². The van der Waals surface area contributed by atoms with E-state index in [1.54, 1.807) is 20.8 Å². The molecule has 0 heterocycles. The number of hydrogen-bond donors (Lipinski definition) is 3. The van der Waals surface area contributed by atoms with Crippen LogP contribution in [-0.2, 0) is 43.3 Å². The molecule has 0 saturated carbocycles. The van der Waals surface area contributed by atoms with Gasteiger partial charge in [-0.15, -0.1) is 0 Å². The van der Waals surface area contributed by atoms with Gasteiger partial charge < -0.3 is 25.4 Å². The van der Waals surface area contributed by atoms with Gasteiger partial charge in [0.2, 0.25) is 11.8 Å². The summed E-state index contributed by atoms with van der Waals surface area (Å²) in [5.74, 6) is -1.89. The molecule has 0 aromatic heterocycles. The summed E-state index contributed by atoms with van der Waals surface area (Å²) in [6.45, 7) is 9.05. The fourth-order valence-corrected chi connectivity index (χ4v) is 4.76. The molecule has 3 rings (SSSR count). The van der Waals surface area contributed by atoms with Crippen molar-refractivity contribution in [1.29, 1.82) is 0 Å². The number of benzene rings is 3. The molecule has 3 aromatic carbocycles. The lowest BCUT2D eigenvalue weighted by Gasteiger charge is -2.28. The van der Waals surface area contributed by atoms with Crippen molar-refractivity contribution in [3.63, 3.8) is 0 Å². The lowest BCUT2D eigenvalue weighted by Crippen LogP contribution is -2.58. The third kappa shape index (κ3) is 12.4. The van der Waals surface area contributed by atoms with Gasteiger partial charge in [0, 0.05) is 6.42 Å². The number of aryl methyl sites for hydroxylation is 1. The van der Waals surface area contributed by atoms with Gasteiger partial charge >= 0.3 is 12.1 Å². The molecule has 4 atom stereocenters. The molecule has 0 radical (unpaired) electrons. The molecule has 0 aliphatic rings. The Kier molecular flexibility index (Phi) is 13.8. The summed E-state index contributed by atoms with van der Waals surface area (Å²) in [6, 6.07) is 25.3. The highest BCUT2D eigenvalue weighted by Gasteiger charge is 2.33. The minimum absolute atomic E-state index is 0.0613. The Labute approximate surface area is 272 Å². The van der Waals surface area contributed by atoms with Crippen molar-refractivity contribution >= 4 is 23.9 Å². The van der Waals surface area contributed by atoms with E-state index in [4.69, 9.17) is 9.47 Å². The molecule has 246 valence electrons. The Hall–Kier alpha value is -4.66. The van der Waals surface area contributed by atoms with Crippen molar-refractivity contribution in [1.82, 2.24) is 16.0 Å². The van der Waals surface area contributed by atoms with Crippen molar-refractivity contribution in [2.24, 2.45) is 5.92 Å². The Balaban J connectivity index is 1.78. The Morgan fingerprint density at radius 1 is 0.696 bits per heavy atom. The van der Waals surface area contributed by atoms with Crippen LogP contribution in [0.4, 0.5) is 4.79 Å². The number of carbonyl (C=O) groups excluding carboxylic acids is 4. The summed E-state index contributed by atoms with van der Waals surface area (Å²) in [7, 11) is 0. The van der Waals surface area contributed by atoms with E-state index in [-0.39, 0.29) is 25.4 Å². The fraction of sp³-hybridized carbons (Fsp3) is 0.405. The topological polar surface area (TPSA) is 123 Å². The first-order valence-corrected chi connectivity index (χ1v) is 15.8. The van der Waals surface area contributed by atoms with Gasteiger partial charge in [0.1, 0.15) is 30.3 Å². The van der Waals surface area contributed by atoms with E-state index < -0.39 is 47.6 Å². The summed E-state index contributed by atoms with van der Waals surface area (Å²) >= 11 is 0. The predicted molar refractivity (Wildman–Crippen MR) is 178 cm³/mol. The van der Waals surface area contributed by atoms with Crippen LogP contribution in [0, 0.1) is 5.92 Å². The smallest absolute Gasteiger partial charge is 0.408 e. The molecule has 0 fully saturated rings. The Morgan fingerprint density at radius 2 is 1.24 bits per heavy atom. The van der Waals surface area contributed by atoms with Gasteiger partial charge in [0.05, 0.1) is 0 Å². The second kappa shape index (κ2) is 17.7. The van der Waals surface area contributed by atoms with E-state index in [2.05, 4.69) is 16.0 Å². The molecule has 0 saturated heterocycles. The highest BCUT2D eigenvalue weighted by atomic mass is 16.6. The monoisotopic (exact) mass is 629 g/mol. The normalized spacial score (nSPS) is 13.8. The number of nitrogens with one attached hydrogen (secondary N) is 3. The largest absolute Gasteiger partial charge is 0.459 e. The first-order chi connectivity index (χ1) is 21.9. The molecule has 0 aliphatic carbocycles. The third-order valence-corrected chi connectivity index (χ3v) is 7.47. The molecule has 0 aliphatic heterocycles. The van der Waals surface area contributed by atoms with Gasteiger partial charge in [-0.2, -0.15) is 0 Å². The minimum Gasteiger partial charge on any atom is -0.459 e. The highest BCUT2D eigenvalue weighted by molar-refractivity contribution is 5.93. The van der Waals surface area contributed by atoms with Crippen LogP contribution in [0.3, 0.4) is 0 Å². The zero-order valence-electron chi connectivity index (χ0n) is 27.5. The standard InChI is InChI=1S/C37H47N3O6/c1-6-26(2)32(40-33(41)30(39-36(44)46-37(3,4)5)23-22-27-16-10-7-11-17-27)34(42)38-31(24-28-18-12-8-13-19-28)35(43)45-25-29-20-14-9-15-21-29/h7-21,26,30-32H,6,22-25H2,1-5H3,(H,38,42)(H,39,44)(H,40,41)/t26?,30-,31?,32?/m0/s1. The summed E-state index contributed by atoms with van der Waals surface area (Å²) in [4.78, 5) is 53.6. The van der Waals surface area contributed by atoms with Crippen LogP contribution < -0.4 is 16.0 Å². The molecule has 3 aromatic rings. The van der Waals surface area contributed by atoms with Crippen molar-refractivity contribution in [3.05, 3.63) is 108 Å². The number of hydrogen-bond acceptors (Lipinski definition) is 6. The summed E-state index contributed by atoms with van der Waals surface area (Å²) in [5, 5.41) is 8.41. The van der Waals surface area contributed by atoms with Gasteiger partial charge in [0.15, 0.2) is 0 Å². The average Bonchev–Trinajstić information content (AvgIpc) is 3.04. The van der Waals surface area contributed by atoms with Crippen molar-refractivity contribution in [2.45, 2.75) is 90.6 Å². The van der Waals surface area contributed by atoms with E-state index in [1.165, 1.54) is 0 Å². The van der Waals surface area contributed by atoms with Gasteiger partial charge in [-0.3, -0.25) is 9.59 Å². The molecular weight excluding hydrogens is 582 g/mol. The van der Waals surface area contributed by atoms with E-state index in [1.807, 2.05) is 105 Å². The van der Waals surface area contributed by atoms with Gasteiger partial charge in [-0.25, -0.2) is 9.59 Å². The maximum atomic E-state index is 13.8. The zero-order chi connectivity index (χ0) is 33.5. The number of carbonyl (C=O) groups is 4. The van der Waals surface area contributed by atoms with E-state index in [9.17, 15) is 19.2 Å². The zero-order valence-corrected chi connectivity index (χ0v) is 27.5. The molecule has 0 bridgehead atoms. The van der Waals surface area contributed by atoms with Crippen LogP contribution in [0.5, 0.6) is 0 Å². The van der Waals surface area contributed by atoms with Crippen molar-refractivity contribution < 1.29 is 28.7 Å². The predicted octanol–water partition coefficient (Wildman–Crippen LogP) is 5.51. The number of alkyl carbamates (subject to hydrolysis) is 1. The quantitative estimate of drug-likeness (QED) is 0.191. The van der Waals surface area contributed by atoms with Gasteiger partial charge in [-0.05, 0) is 56.2 Å². The summed E-state index contributed by atoms with van der Waals surface area (Å²) < 4.78 is 11.0. The highest BCUT2D eigenvalue weighted by Crippen LogP contribution is 2.14. The van der Waals surface area contributed by atoms with Crippen LogP contribution >= 0.6 is 0 Å². The van der Waals surface area contributed by atoms with Crippen LogP contribution in [0.2, 0.25) is 0 Å². The summed E-state index contributed by atoms with van der Waals surface area (Å²) in [6.07, 6.45) is 0.859. The lowest BCUT2D eigenvalue weighted by molar-refractivity contribution is -0.149. The van der Waals surface area contributed by atoms with E-state index >= 15 is 0 Å². The second-order valence-corrected chi connectivity index (χ2v) is 12.4.